The van der Waals surface area contributed by atoms with Gasteiger partial charge in [-0.15, -0.1) is 15.7 Å². The van der Waals surface area contributed by atoms with Crippen molar-refractivity contribution in [1.82, 2.24) is 9.88 Å². The second-order valence-corrected chi connectivity index (χ2v) is 6.99. The number of para-hydroxylation sites is 1. The zero-order valence-electron chi connectivity index (χ0n) is 11.7. The number of nitrogens with zero attached hydrogens (tertiary/aromatic N) is 3. The number of fused-ring (bicyclic) bond motifs is 1. The molecular weight excluding hydrogens is 294 g/mol. The van der Waals surface area contributed by atoms with Crippen LogP contribution in [0.1, 0.15) is 18.9 Å². The molecule has 0 bridgehead atoms. The lowest BCUT2D eigenvalue weighted by molar-refractivity contribution is 0.466. The van der Waals surface area contributed by atoms with E-state index in [2.05, 4.69) is 9.38 Å². The molecule has 0 amide bonds. The Morgan fingerprint density at radius 1 is 1.30 bits per heavy atom. The summed E-state index contributed by atoms with van der Waals surface area (Å²) in [7, 11) is -3.46. The van der Waals surface area contributed by atoms with Crippen LogP contribution in [0.25, 0.3) is 10.2 Å². The van der Waals surface area contributed by atoms with E-state index in [1.165, 1.54) is 11.3 Å². The Bertz CT molecular complexity index is 698. The van der Waals surface area contributed by atoms with Crippen LogP contribution in [0.4, 0.5) is 0 Å². The predicted octanol–water partition coefficient (Wildman–Crippen LogP) is 2.34. The smallest absolute Gasteiger partial charge is 0.252 e. The molecule has 5 nitrogen and oxygen atoms in total. The van der Waals surface area contributed by atoms with Gasteiger partial charge in [0.2, 0.25) is 0 Å². The second-order valence-electron chi connectivity index (χ2n) is 4.31. The van der Waals surface area contributed by atoms with E-state index in [1.807, 2.05) is 43.0 Å². The molecule has 20 heavy (non-hydrogen) atoms. The zero-order chi connectivity index (χ0) is 14.8. The second kappa shape index (κ2) is 5.88. The number of benzene rings is 1. The van der Waals surface area contributed by atoms with Crippen molar-refractivity contribution < 1.29 is 8.42 Å². The van der Waals surface area contributed by atoms with Gasteiger partial charge in [0.25, 0.3) is 10.0 Å². The quantitative estimate of drug-likeness (QED) is 0.642. The summed E-state index contributed by atoms with van der Waals surface area (Å²) in [5, 5.41) is 0.639. The first-order chi connectivity index (χ1) is 9.44. The van der Waals surface area contributed by atoms with Gasteiger partial charge in [0.05, 0.1) is 16.5 Å². The van der Waals surface area contributed by atoms with Crippen LogP contribution in [-0.4, -0.2) is 43.5 Å². The molecule has 0 saturated carbocycles. The van der Waals surface area contributed by atoms with E-state index < -0.39 is 10.0 Å². The molecule has 0 spiro atoms. The first kappa shape index (κ1) is 14.9. The van der Waals surface area contributed by atoms with Gasteiger partial charge in [0, 0.05) is 13.1 Å². The third-order valence-corrected chi connectivity index (χ3v) is 4.34. The molecule has 7 heteroatoms. The molecule has 0 fully saturated rings. The highest BCUT2D eigenvalue weighted by Gasteiger charge is 2.17. The molecule has 0 aliphatic carbocycles. The Morgan fingerprint density at radius 3 is 2.50 bits per heavy atom. The van der Waals surface area contributed by atoms with Gasteiger partial charge in [-0.2, -0.15) is 0 Å². The summed E-state index contributed by atoms with van der Waals surface area (Å²) in [5.41, 5.74) is 0.862. The molecule has 2 rings (SSSR count). The van der Waals surface area contributed by atoms with Crippen LogP contribution >= 0.6 is 11.3 Å². The largest absolute Gasteiger partial charge is 0.354 e. The minimum atomic E-state index is -3.46. The minimum Gasteiger partial charge on any atom is -0.354 e. The number of amidine groups is 1. The first-order valence-electron chi connectivity index (χ1n) is 6.35. The van der Waals surface area contributed by atoms with Gasteiger partial charge in [-0.05, 0) is 26.0 Å². The minimum absolute atomic E-state index is 0.429. The van der Waals surface area contributed by atoms with Crippen molar-refractivity contribution in [3.63, 3.8) is 0 Å². The number of rotatable bonds is 4. The summed E-state index contributed by atoms with van der Waals surface area (Å²) < 4.78 is 28.0. The fraction of sp³-hybridized carbons (Fsp3) is 0.385. The maximum absolute atomic E-state index is 11.5. The Morgan fingerprint density at radius 2 is 1.95 bits per heavy atom. The highest BCUT2D eigenvalue weighted by atomic mass is 32.2. The number of aromatic nitrogens is 1. The van der Waals surface area contributed by atoms with Crippen molar-refractivity contribution in [3.05, 3.63) is 29.3 Å². The Balaban J connectivity index is 2.59. The summed E-state index contributed by atoms with van der Waals surface area (Å²) in [6.45, 7) is 5.30. The molecule has 0 aliphatic rings. The van der Waals surface area contributed by atoms with Crippen molar-refractivity contribution in [2.45, 2.75) is 13.8 Å². The normalized spacial score (nSPS) is 12.8. The molecule has 1 aromatic carbocycles. The average Bonchev–Trinajstić information content (AvgIpc) is 2.81. The van der Waals surface area contributed by atoms with Crippen LogP contribution in [-0.2, 0) is 10.0 Å². The van der Waals surface area contributed by atoms with Crippen molar-refractivity contribution in [2.75, 3.05) is 19.3 Å². The van der Waals surface area contributed by atoms with E-state index >= 15 is 0 Å². The van der Waals surface area contributed by atoms with Gasteiger partial charge in [0.15, 0.2) is 10.8 Å². The van der Waals surface area contributed by atoms with Crippen LogP contribution in [0.3, 0.4) is 0 Å². The Kier molecular flexibility index (Phi) is 4.39. The SMILES string of the molecule is CCN(CC)/C(=N\S(C)(=O)=O)c1nc2ccccc2s1. The molecule has 0 unspecified atom stereocenters. The summed E-state index contributed by atoms with van der Waals surface area (Å²) >= 11 is 1.46. The highest BCUT2D eigenvalue weighted by Crippen LogP contribution is 2.23. The van der Waals surface area contributed by atoms with Gasteiger partial charge in [-0.1, -0.05) is 12.1 Å². The van der Waals surface area contributed by atoms with Gasteiger partial charge < -0.3 is 4.90 Å². The predicted molar refractivity (Wildman–Crippen MR) is 83.9 cm³/mol. The number of hydrogen-bond donors (Lipinski definition) is 0. The molecule has 0 radical (unpaired) electrons. The van der Waals surface area contributed by atoms with E-state index in [0.29, 0.717) is 23.9 Å². The van der Waals surface area contributed by atoms with Crippen molar-refractivity contribution in [1.29, 1.82) is 0 Å². The summed E-state index contributed by atoms with van der Waals surface area (Å²) in [6.07, 6.45) is 1.10. The maximum Gasteiger partial charge on any atom is 0.252 e. The lowest BCUT2D eigenvalue weighted by Gasteiger charge is -2.20. The highest BCUT2D eigenvalue weighted by molar-refractivity contribution is 7.89. The van der Waals surface area contributed by atoms with Gasteiger partial charge >= 0.3 is 0 Å². The van der Waals surface area contributed by atoms with E-state index in [1.54, 1.807) is 0 Å². The van der Waals surface area contributed by atoms with E-state index in [4.69, 9.17) is 0 Å². The molecule has 0 aliphatic heterocycles. The lowest BCUT2D eigenvalue weighted by Crippen LogP contribution is -2.32. The van der Waals surface area contributed by atoms with Crippen LogP contribution < -0.4 is 0 Å². The summed E-state index contributed by atoms with van der Waals surface area (Å²) in [4.78, 5) is 6.40. The van der Waals surface area contributed by atoms with Crippen LogP contribution in [0.15, 0.2) is 28.7 Å². The van der Waals surface area contributed by atoms with Crippen molar-refractivity contribution >= 4 is 37.4 Å². The van der Waals surface area contributed by atoms with E-state index in [9.17, 15) is 8.42 Å². The van der Waals surface area contributed by atoms with Gasteiger partial charge in [-0.3, -0.25) is 0 Å². The Labute approximate surface area is 123 Å². The van der Waals surface area contributed by atoms with Crippen LogP contribution in [0.2, 0.25) is 0 Å². The summed E-state index contributed by atoms with van der Waals surface area (Å²) in [6, 6.07) is 7.73. The molecule has 1 aromatic heterocycles. The van der Waals surface area contributed by atoms with Crippen LogP contribution in [0, 0.1) is 0 Å². The van der Waals surface area contributed by atoms with Gasteiger partial charge in [0.1, 0.15) is 0 Å². The third-order valence-electron chi connectivity index (χ3n) is 2.80. The molecule has 108 valence electrons. The first-order valence-corrected chi connectivity index (χ1v) is 9.02. The summed E-state index contributed by atoms with van der Waals surface area (Å²) in [5.74, 6) is 0.429. The number of sulfonamides is 1. The van der Waals surface area contributed by atoms with Gasteiger partial charge in [-0.25, -0.2) is 13.4 Å². The van der Waals surface area contributed by atoms with E-state index in [-0.39, 0.29) is 0 Å². The maximum atomic E-state index is 11.5. The molecule has 0 atom stereocenters. The average molecular weight is 311 g/mol. The number of hydrogen-bond acceptors (Lipinski definition) is 4. The lowest BCUT2D eigenvalue weighted by atomic mass is 10.3. The van der Waals surface area contributed by atoms with Crippen molar-refractivity contribution in [3.8, 4) is 0 Å². The molecule has 0 saturated heterocycles. The fourth-order valence-electron chi connectivity index (χ4n) is 1.88. The zero-order valence-corrected chi connectivity index (χ0v) is 13.3. The molecule has 1 heterocycles. The standard InChI is InChI=1S/C13H17N3O2S2/c1-4-16(5-2)12(15-20(3,17)18)13-14-10-8-6-7-9-11(10)19-13/h6-9H,4-5H2,1-3H3/b15-12-. The third kappa shape index (κ3) is 3.34. The molecule has 2 aromatic rings. The Hall–Kier alpha value is -1.47. The van der Waals surface area contributed by atoms with Crippen molar-refractivity contribution in [2.24, 2.45) is 4.40 Å². The molecular formula is C13H17N3O2S2. The fourth-order valence-corrected chi connectivity index (χ4v) is 3.44. The molecule has 0 N–H and O–H groups in total. The monoisotopic (exact) mass is 311 g/mol. The topological polar surface area (TPSA) is 62.6 Å². The van der Waals surface area contributed by atoms with E-state index in [0.717, 1.165) is 16.5 Å². The van der Waals surface area contributed by atoms with Crippen LogP contribution in [0.5, 0.6) is 0 Å². The number of thiazole rings is 1.